The van der Waals surface area contributed by atoms with E-state index in [0.717, 1.165) is 5.56 Å². The lowest BCUT2D eigenvalue weighted by molar-refractivity contribution is 0.584. The van der Waals surface area contributed by atoms with Gasteiger partial charge in [-0.2, -0.15) is 13.5 Å². The third-order valence-corrected chi connectivity index (χ3v) is 3.10. The zero-order valence-electron chi connectivity index (χ0n) is 9.21. The van der Waals surface area contributed by atoms with Crippen LogP contribution in [0.5, 0.6) is 0 Å². The van der Waals surface area contributed by atoms with Gasteiger partial charge in [0, 0.05) is 6.21 Å². The second-order valence-electron chi connectivity index (χ2n) is 3.21. The minimum Gasteiger partial charge on any atom is -0.200 e. The fraction of sp³-hybridized carbons (Fsp3) is 0.182. The smallest absolute Gasteiger partial charge is 0.200 e. The van der Waals surface area contributed by atoms with Gasteiger partial charge in [-0.3, -0.25) is 0 Å². The van der Waals surface area contributed by atoms with Crippen molar-refractivity contribution in [3.8, 4) is 0 Å². The molecule has 0 saturated heterocycles. The Kier molecular flexibility index (Phi) is 4.25. The molecule has 0 aliphatic heterocycles. The number of aryl methyl sites for hydroxylation is 1. The average Bonchev–Trinajstić information content (AvgIpc) is 2.25. The number of allylic oxidation sites excluding steroid dienone is 2. The number of benzene rings is 1. The minimum absolute atomic E-state index is 0.204. The molecule has 0 heterocycles. The monoisotopic (exact) mass is 238 g/mol. The number of hydrogen-bond acceptors (Lipinski definition) is 3. The highest BCUT2D eigenvalue weighted by molar-refractivity contribution is 7.89. The van der Waals surface area contributed by atoms with Crippen molar-refractivity contribution in [3.63, 3.8) is 0 Å². The number of nitrogens with one attached hydrogen (secondary N) is 1. The topological polar surface area (TPSA) is 58.5 Å². The first-order valence-corrected chi connectivity index (χ1v) is 6.27. The Hall–Kier alpha value is -1.62. The Morgan fingerprint density at radius 2 is 1.88 bits per heavy atom. The highest BCUT2D eigenvalue weighted by Crippen LogP contribution is 2.09. The molecule has 0 amide bonds. The summed E-state index contributed by atoms with van der Waals surface area (Å²) in [5.41, 5.74) is 1.01. The van der Waals surface area contributed by atoms with Gasteiger partial charge in [0.1, 0.15) is 0 Å². The summed E-state index contributed by atoms with van der Waals surface area (Å²) in [4.78, 5) is 2.32. The van der Waals surface area contributed by atoms with Crippen molar-refractivity contribution >= 4 is 16.2 Å². The summed E-state index contributed by atoms with van der Waals surface area (Å²) in [6.45, 7) is 3.72. The molecule has 0 saturated carbocycles. The molecule has 0 bridgehead atoms. The van der Waals surface area contributed by atoms with Gasteiger partial charge in [0.25, 0.3) is 10.0 Å². The molecule has 5 heteroatoms. The van der Waals surface area contributed by atoms with Crippen molar-refractivity contribution < 1.29 is 8.42 Å². The van der Waals surface area contributed by atoms with E-state index in [1.54, 1.807) is 36.4 Å². The molecule has 0 aliphatic carbocycles. The van der Waals surface area contributed by atoms with Crippen LogP contribution in [0.3, 0.4) is 0 Å². The van der Waals surface area contributed by atoms with Gasteiger partial charge >= 0.3 is 0 Å². The number of rotatable bonds is 4. The second-order valence-corrected chi connectivity index (χ2v) is 4.87. The number of hydrogen-bond donors (Lipinski definition) is 1. The van der Waals surface area contributed by atoms with Crippen LogP contribution in [0.1, 0.15) is 12.5 Å². The van der Waals surface area contributed by atoms with Crippen LogP contribution >= 0.6 is 0 Å². The van der Waals surface area contributed by atoms with Gasteiger partial charge in [-0.25, -0.2) is 4.83 Å². The lowest BCUT2D eigenvalue weighted by atomic mass is 10.2. The summed E-state index contributed by atoms with van der Waals surface area (Å²) < 4.78 is 23.3. The highest BCUT2D eigenvalue weighted by atomic mass is 32.2. The van der Waals surface area contributed by atoms with Gasteiger partial charge in [0.05, 0.1) is 4.90 Å². The third kappa shape index (κ3) is 3.51. The van der Waals surface area contributed by atoms with Crippen LogP contribution in [-0.2, 0) is 10.0 Å². The Morgan fingerprint density at radius 3 is 2.44 bits per heavy atom. The Morgan fingerprint density at radius 1 is 1.25 bits per heavy atom. The molecule has 86 valence electrons. The molecule has 0 unspecified atom stereocenters. The predicted octanol–water partition coefficient (Wildman–Crippen LogP) is 1.84. The highest BCUT2D eigenvalue weighted by Gasteiger charge is 2.11. The van der Waals surface area contributed by atoms with Crippen LogP contribution in [0.25, 0.3) is 0 Å². The van der Waals surface area contributed by atoms with Crippen LogP contribution in [0.2, 0.25) is 0 Å². The van der Waals surface area contributed by atoms with Crippen molar-refractivity contribution in [3.05, 3.63) is 42.0 Å². The third-order valence-electron chi connectivity index (χ3n) is 1.86. The summed E-state index contributed by atoms with van der Waals surface area (Å²) >= 11 is 0. The zero-order valence-corrected chi connectivity index (χ0v) is 10.0. The second kappa shape index (κ2) is 5.46. The summed E-state index contributed by atoms with van der Waals surface area (Å²) in [5, 5.41) is 3.58. The van der Waals surface area contributed by atoms with E-state index in [1.807, 2.05) is 13.8 Å². The molecule has 1 aromatic carbocycles. The van der Waals surface area contributed by atoms with Crippen molar-refractivity contribution in [2.24, 2.45) is 5.10 Å². The van der Waals surface area contributed by atoms with Gasteiger partial charge in [-0.1, -0.05) is 23.8 Å². The molecule has 0 radical (unpaired) electrons. The molecule has 16 heavy (non-hydrogen) atoms. The van der Waals surface area contributed by atoms with Crippen LogP contribution in [0, 0.1) is 6.92 Å². The molecule has 1 aromatic rings. The Bertz CT molecular complexity index is 487. The lowest BCUT2D eigenvalue weighted by Gasteiger charge is -2.02. The fourth-order valence-electron chi connectivity index (χ4n) is 0.999. The number of sulfonamides is 1. The normalized spacial score (nSPS) is 12.4. The number of nitrogens with zero attached hydrogens (tertiary/aromatic N) is 1. The molecule has 0 fully saturated rings. The summed E-state index contributed by atoms with van der Waals surface area (Å²) in [7, 11) is -3.54. The van der Waals surface area contributed by atoms with Gasteiger partial charge in [-0.15, -0.1) is 0 Å². The molecular weight excluding hydrogens is 224 g/mol. The largest absolute Gasteiger partial charge is 0.276 e. The quantitative estimate of drug-likeness (QED) is 0.642. The van der Waals surface area contributed by atoms with E-state index in [0.29, 0.717) is 0 Å². The zero-order chi connectivity index (χ0) is 12.0. The van der Waals surface area contributed by atoms with E-state index < -0.39 is 10.0 Å². The fourth-order valence-corrected chi connectivity index (χ4v) is 1.80. The molecular formula is C11H14N2O2S. The molecule has 0 atom stereocenters. The predicted molar refractivity (Wildman–Crippen MR) is 64.8 cm³/mol. The summed E-state index contributed by atoms with van der Waals surface area (Å²) in [6, 6.07) is 6.57. The molecule has 1 N–H and O–H groups in total. The molecule has 0 spiro atoms. The maximum absolute atomic E-state index is 11.7. The van der Waals surface area contributed by atoms with E-state index in [1.165, 1.54) is 6.21 Å². The van der Waals surface area contributed by atoms with E-state index in [9.17, 15) is 8.42 Å². The lowest BCUT2D eigenvalue weighted by Crippen LogP contribution is -2.17. The van der Waals surface area contributed by atoms with Crippen LogP contribution in [0.4, 0.5) is 0 Å². The van der Waals surface area contributed by atoms with Gasteiger partial charge in [0.15, 0.2) is 0 Å². The van der Waals surface area contributed by atoms with Crippen molar-refractivity contribution in [1.29, 1.82) is 0 Å². The Labute approximate surface area is 95.7 Å². The molecule has 0 aromatic heterocycles. The Balaban J connectivity index is 2.82. The van der Waals surface area contributed by atoms with E-state index in [2.05, 4.69) is 9.93 Å². The van der Waals surface area contributed by atoms with Crippen molar-refractivity contribution in [1.82, 2.24) is 4.83 Å². The standard InChI is InChI=1S/C11H14N2O2S/c1-3-4-9-12-13-16(14,15)11-7-5-10(2)6-8-11/h3-9,13H,1-2H3/b4-3-,12-9+. The SMILES string of the molecule is C/C=C\C=N\NS(=O)(=O)c1ccc(C)cc1. The first-order valence-electron chi connectivity index (χ1n) is 4.79. The van der Waals surface area contributed by atoms with E-state index >= 15 is 0 Å². The van der Waals surface area contributed by atoms with Gasteiger partial charge in [0.2, 0.25) is 0 Å². The summed E-state index contributed by atoms with van der Waals surface area (Å²) in [6.07, 6.45) is 4.77. The molecule has 1 rings (SSSR count). The van der Waals surface area contributed by atoms with E-state index in [-0.39, 0.29) is 4.90 Å². The maximum Gasteiger partial charge on any atom is 0.276 e. The van der Waals surface area contributed by atoms with Crippen LogP contribution < -0.4 is 4.83 Å². The maximum atomic E-state index is 11.7. The first-order chi connectivity index (χ1) is 7.56. The van der Waals surface area contributed by atoms with Crippen molar-refractivity contribution in [2.75, 3.05) is 0 Å². The molecule has 0 aliphatic rings. The number of hydrazone groups is 1. The van der Waals surface area contributed by atoms with Crippen molar-refractivity contribution in [2.45, 2.75) is 18.7 Å². The molecule has 4 nitrogen and oxygen atoms in total. The van der Waals surface area contributed by atoms with Crippen LogP contribution in [-0.4, -0.2) is 14.6 Å². The van der Waals surface area contributed by atoms with E-state index in [4.69, 9.17) is 0 Å². The minimum atomic E-state index is -3.54. The van der Waals surface area contributed by atoms with Gasteiger partial charge < -0.3 is 0 Å². The van der Waals surface area contributed by atoms with Crippen LogP contribution in [0.15, 0.2) is 46.4 Å². The van der Waals surface area contributed by atoms with Gasteiger partial charge in [-0.05, 0) is 32.1 Å². The summed E-state index contributed by atoms with van der Waals surface area (Å²) in [5.74, 6) is 0. The first kappa shape index (κ1) is 12.4. The average molecular weight is 238 g/mol.